The number of thioether (sulfide) groups is 1. The molecular weight excluding hydrogens is 333 g/mol. The topological polar surface area (TPSA) is 30.7 Å². The number of aromatic nitrogens is 3. The molecule has 1 unspecified atom stereocenters. The molecule has 0 saturated heterocycles. The Morgan fingerprint density at radius 3 is 2.52 bits per heavy atom. The normalized spacial score (nSPS) is 12.3. The van der Waals surface area contributed by atoms with E-state index >= 15 is 0 Å². The van der Waals surface area contributed by atoms with Gasteiger partial charge in [0, 0.05) is 17.3 Å². The van der Waals surface area contributed by atoms with Crippen LogP contribution >= 0.6 is 23.4 Å². The van der Waals surface area contributed by atoms with E-state index in [-0.39, 0.29) is 11.1 Å². The molecule has 1 atom stereocenters. The summed E-state index contributed by atoms with van der Waals surface area (Å²) in [7, 11) is 1.84. The van der Waals surface area contributed by atoms with Gasteiger partial charge in [0.05, 0.1) is 5.56 Å². The Morgan fingerprint density at radius 2 is 1.78 bits per heavy atom. The fourth-order valence-electron chi connectivity index (χ4n) is 2.32. The van der Waals surface area contributed by atoms with Gasteiger partial charge in [-0.1, -0.05) is 53.7 Å². The van der Waals surface area contributed by atoms with Gasteiger partial charge in [-0.15, -0.1) is 10.2 Å². The molecule has 1 heterocycles. The highest BCUT2D eigenvalue weighted by Gasteiger charge is 2.18. The number of hydrogen-bond donors (Lipinski definition) is 0. The van der Waals surface area contributed by atoms with Gasteiger partial charge < -0.3 is 4.57 Å². The van der Waals surface area contributed by atoms with Crippen molar-refractivity contribution < 1.29 is 4.39 Å². The van der Waals surface area contributed by atoms with Gasteiger partial charge in [0.15, 0.2) is 11.0 Å². The first kappa shape index (κ1) is 16.0. The first-order valence-corrected chi connectivity index (χ1v) is 8.39. The lowest BCUT2D eigenvalue weighted by Gasteiger charge is -2.12. The summed E-state index contributed by atoms with van der Waals surface area (Å²) in [6.45, 7) is 2.06. The Bertz CT molecular complexity index is 834. The van der Waals surface area contributed by atoms with Crippen molar-refractivity contribution in [3.63, 3.8) is 0 Å². The minimum absolute atomic E-state index is 0.111. The average molecular weight is 348 g/mol. The van der Waals surface area contributed by atoms with Crippen LogP contribution < -0.4 is 0 Å². The molecule has 3 nitrogen and oxygen atoms in total. The molecule has 0 bridgehead atoms. The van der Waals surface area contributed by atoms with E-state index in [1.54, 1.807) is 34.5 Å². The third-order valence-electron chi connectivity index (χ3n) is 3.58. The molecule has 118 valence electrons. The van der Waals surface area contributed by atoms with E-state index in [2.05, 4.69) is 17.1 Å². The van der Waals surface area contributed by atoms with Gasteiger partial charge in [0.1, 0.15) is 5.82 Å². The molecule has 3 aromatic rings. The second-order valence-corrected chi connectivity index (χ2v) is 6.84. The highest BCUT2D eigenvalue weighted by Crippen LogP contribution is 2.37. The predicted octanol–water partition coefficient (Wildman–Crippen LogP) is 5.13. The van der Waals surface area contributed by atoms with Gasteiger partial charge in [-0.2, -0.15) is 0 Å². The maximum Gasteiger partial charge on any atom is 0.191 e. The summed E-state index contributed by atoms with van der Waals surface area (Å²) in [4.78, 5) is 0. The van der Waals surface area contributed by atoms with Crippen LogP contribution in [-0.2, 0) is 7.05 Å². The molecule has 0 spiro atoms. The zero-order valence-corrected chi connectivity index (χ0v) is 14.3. The van der Waals surface area contributed by atoms with E-state index in [1.807, 2.05) is 31.3 Å². The van der Waals surface area contributed by atoms with Crippen molar-refractivity contribution in [3.05, 3.63) is 64.9 Å². The lowest BCUT2D eigenvalue weighted by molar-refractivity contribution is 0.628. The molecule has 0 fully saturated rings. The highest BCUT2D eigenvalue weighted by molar-refractivity contribution is 7.99. The van der Waals surface area contributed by atoms with Crippen LogP contribution in [0.15, 0.2) is 53.7 Å². The Hall–Kier alpha value is -1.85. The lowest BCUT2D eigenvalue weighted by atomic mass is 10.2. The predicted molar refractivity (Wildman–Crippen MR) is 92.1 cm³/mol. The molecule has 0 aliphatic heterocycles. The maximum atomic E-state index is 13.9. The third-order valence-corrected chi connectivity index (χ3v) is 5.09. The molecule has 1 aromatic heterocycles. The minimum atomic E-state index is -0.307. The van der Waals surface area contributed by atoms with Crippen LogP contribution in [0.4, 0.5) is 4.39 Å². The second kappa shape index (κ2) is 6.72. The van der Waals surface area contributed by atoms with Crippen molar-refractivity contribution in [2.24, 2.45) is 7.05 Å². The second-order valence-electron chi connectivity index (χ2n) is 5.13. The summed E-state index contributed by atoms with van der Waals surface area (Å²) < 4.78 is 15.7. The number of halogens is 2. The quantitative estimate of drug-likeness (QED) is 0.613. The molecule has 0 aliphatic carbocycles. The van der Waals surface area contributed by atoms with Crippen molar-refractivity contribution in [1.29, 1.82) is 0 Å². The molecule has 0 saturated carbocycles. The van der Waals surface area contributed by atoms with Gasteiger partial charge in [0.2, 0.25) is 0 Å². The van der Waals surface area contributed by atoms with Crippen LogP contribution in [0.2, 0.25) is 5.02 Å². The summed E-state index contributed by atoms with van der Waals surface area (Å²) in [5.74, 6) is 0.204. The summed E-state index contributed by atoms with van der Waals surface area (Å²) in [5, 5.41) is 9.88. The van der Waals surface area contributed by atoms with Crippen molar-refractivity contribution in [2.45, 2.75) is 17.3 Å². The zero-order valence-electron chi connectivity index (χ0n) is 12.7. The SMILES string of the molecule is CC(Sc1nnc(-c2ccccc2F)n1C)c1ccccc1Cl. The first-order chi connectivity index (χ1) is 11.1. The Kier molecular flexibility index (Phi) is 4.68. The van der Waals surface area contributed by atoms with Crippen LogP contribution in [0.3, 0.4) is 0 Å². The monoisotopic (exact) mass is 347 g/mol. The molecule has 3 rings (SSSR count). The van der Waals surface area contributed by atoms with E-state index in [0.29, 0.717) is 11.4 Å². The number of benzene rings is 2. The van der Waals surface area contributed by atoms with Gasteiger partial charge in [0.25, 0.3) is 0 Å². The van der Waals surface area contributed by atoms with Crippen molar-refractivity contribution >= 4 is 23.4 Å². The van der Waals surface area contributed by atoms with Gasteiger partial charge >= 0.3 is 0 Å². The smallest absolute Gasteiger partial charge is 0.191 e. The fraction of sp³-hybridized carbons (Fsp3) is 0.176. The first-order valence-electron chi connectivity index (χ1n) is 7.13. The molecular formula is C17H15ClFN3S. The number of rotatable bonds is 4. The summed E-state index contributed by atoms with van der Waals surface area (Å²) in [6, 6.07) is 14.3. The van der Waals surface area contributed by atoms with Crippen molar-refractivity contribution in [3.8, 4) is 11.4 Å². The van der Waals surface area contributed by atoms with E-state index < -0.39 is 0 Å². The van der Waals surface area contributed by atoms with Crippen molar-refractivity contribution in [1.82, 2.24) is 14.8 Å². The average Bonchev–Trinajstić information content (AvgIpc) is 2.89. The van der Waals surface area contributed by atoms with E-state index in [4.69, 9.17) is 11.6 Å². The Balaban J connectivity index is 1.89. The van der Waals surface area contributed by atoms with Gasteiger partial charge in [-0.25, -0.2) is 4.39 Å². The number of hydrogen-bond acceptors (Lipinski definition) is 3. The van der Waals surface area contributed by atoms with Gasteiger partial charge in [-0.05, 0) is 30.7 Å². The lowest BCUT2D eigenvalue weighted by Crippen LogP contribution is -1.98. The van der Waals surface area contributed by atoms with Crippen LogP contribution in [0.25, 0.3) is 11.4 Å². The summed E-state index contributed by atoms with van der Waals surface area (Å²) in [6.07, 6.45) is 0. The Morgan fingerprint density at radius 1 is 1.09 bits per heavy atom. The van der Waals surface area contributed by atoms with Crippen molar-refractivity contribution in [2.75, 3.05) is 0 Å². The largest absolute Gasteiger partial charge is 0.305 e. The third kappa shape index (κ3) is 3.26. The maximum absolute atomic E-state index is 13.9. The molecule has 0 radical (unpaired) electrons. The van der Waals surface area contributed by atoms with E-state index in [9.17, 15) is 4.39 Å². The standard InChI is InChI=1S/C17H15ClFN3S/c1-11(12-7-3-5-9-14(12)18)23-17-21-20-16(22(17)2)13-8-4-6-10-15(13)19/h3-11H,1-2H3. The number of nitrogens with zero attached hydrogens (tertiary/aromatic N) is 3. The van der Waals surface area contributed by atoms with E-state index in [1.165, 1.54) is 6.07 Å². The summed E-state index contributed by atoms with van der Waals surface area (Å²) in [5.41, 5.74) is 1.48. The van der Waals surface area contributed by atoms with Crippen LogP contribution in [0, 0.1) is 5.82 Å². The molecule has 0 N–H and O–H groups in total. The molecule has 23 heavy (non-hydrogen) atoms. The van der Waals surface area contributed by atoms with Crippen LogP contribution in [-0.4, -0.2) is 14.8 Å². The fourth-order valence-corrected chi connectivity index (χ4v) is 3.67. The van der Waals surface area contributed by atoms with E-state index in [0.717, 1.165) is 15.7 Å². The Labute approximate surface area is 143 Å². The van der Waals surface area contributed by atoms with Crippen LogP contribution in [0.1, 0.15) is 17.7 Å². The minimum Gasteiger partial charge on any atom is -0.305 e. The summed E-state index contributed by atoms with van der Waals surface area (Å²) >= 11 is 7.78. The zero-order chi connectivity index (χ0) is 16.4. The highest BCUT2D eigenvalue weighted by atomic mass is 35.5. The van der Waals surface area contributed by atoms with Crippen LogP contribution in [0.5, 0.6) is 0 Å². The molecule has 2 aromatic carbocycles. The molecule has 0 aliphatic rings. The molecule has 6 heteroatoms. The van der Waals surface area contributed by atoms with Gasteiger partial charge in [-0.3, -0.25) is 0 Å². The molecule has 0 amide bonds.